The molecule has 1 atom stereocenters. The van der Waals surface area contributed by atoms with Crippen LogP contribution in [0.1, 0.15) is 30.9 Å². The zero-order valence-corrected chi connectivity index (χ0v) is 16.2. The molecule has 1 amide bonds. The number of amides is 1. The van der Waals surface area contributed by atoms with Gasteiger partial charge < -0.3 is 14.9 Å². The van der Waals surface area contributed by atoms with Gasteiger partial charge in [-0.15, -0.1) is 0 Å². The summed E-state index contributed by atoms with van der Waals surface area (Å²) < 4.78 is 5.55. The Bertz CT molecular complexity index is 906. The highest BCUT2D eigenvalue weighted by atomic mass is 16.5. The van der Waals surface area contributed by atoms with Gasteiger partial charge in [-0.2, -0.15) is 5.10 Å². The van der Waals surface area contributed by atoms with Crippen LogP contribution in [-0.2, 0) is 20.9 Å². The monoisotopic (exact) mass is 396 g/mol. The number of Topliss-reactive ketones (excluding diaryl/α,β-unsaturated/α-hetero) is 1. The van der Waals surface area contributed by atoms with Gasteiger partial charge in [0.15, 0.2) is 5.78 Å². The Morgan fingerprint density at radius 3 is 2.14 bits per heavy atom. The second-order valence-electron chi connectivity index (χ2n) is 7.13. The van der Waals surface area contributed by atoms with E-state index in [1.807, 2.05) is 48.5 Å². The lowest BCUT2D eigenvalue weighted by atomic mass is 9.99. The van der Waals surface area contributed by atoms with Gasteiger partial charge in [0.25, 0.3) is 0 Å². The first-order valence-electron chi connectivity index (χ1n) is 9.39. The minimum Gasteiger partial charge on any atom is -0.393 e. The van der Waals surface area contributed by atoms with Gasteiger partial charge in [-0.25, -0.2) is 5.43 Å². The number of ketones is 1. The number of carbonyl (C=O) groups is 2. The number of hydrogen-bond acceptors (Lipinski definition) is 6. The third kappa shape index (κ3) is 4.95. The summed E-state index contributed by atoms with van der Waals surface area (Å²) in [7, 11) is 0. The highest BCUT2D eigenvalue weighted by molar-refractivity contribution is 6.04. The maximum atomic E-state index is 11.7. The number of hydrogen-bond donors (Lipinski definition) is 3. The number of nitrogens with zero attached hydrogens (tertiary/aromatic N) is 1. The van der Waals surface area contributed by atoms with Crippen LogP contribution in [0.2, 0.25) is 0 Å². The molecule has 0 aliphatic carbocycles. The normalized spacial score (nSPS) is 16.0. The molecule has 1 aliphatic heterocycles. The Labute approximate surface area is 169 Å². The third-order valence-electron chi connectivity index (χ3n) is 5.00. The fourth-order valence-electron chi connectivity index (χ4n) is 2.96. The van der Waals surface area contributed by atoms with Gasteiger partial charge in [-0.1, -0.05) is 48.5 Å². The molecule has 2 aromatic rings. The van der Waals surface area contributed by atoms with Gasteiger partial charge in [-0.05, 0) is 29.2 Å². The molecular formula is C22H24N2O5. The number of hydrazone groups is 1. The fraction of sp³-hybridized carbons (Fsp3) is 0.318. The van der Waals surface area contributed by atoms with Gasteiger partial charge in [0, 0.05) is 12.8 Å². The molecule has 3 N–H and O–H groups in total. The lowest BCUT2D eigenvalue weighted by molar-refractivity contribution is -0.152. The molecule has 3 rings (SSSR count). The third-order valence-corrected chi connectivity index (χ3v) is 5.00. The van der Waals surface area contributed by atoms with Crippen LogP contribution >= 0.6 is 0 Å². The number of ether oxygens (including phenoxy) is 1. The van der Waals surface area contributed by atoms with Gasteiger partial charge in [0.05, 0.1) is 18.9 Å². The van der Waals surface area contributed by atoms with Crippen molar-refractivity contribution >= 4 is 17.4 Å². The van der Waals surface area contributed by atoms with E-state index < -0.39 is 24.6 Å². The first-order chi connectivity index (χ1) is 13.9. The minimum atomic E-state index is -1.41. The van der Waals surface area contributed by atoms with Crippen LogP contribution in [0.3, 0.4) is 0 Å². The van der Waals surface area contributed by atoms with E-state index in [1.165, 1.54) is 6.92 Å². The molecule has 29 heavy (non-hydrogen) atoms. The summed E-state index contributed by atoms with van der Waals surface area (Å²) in [5.41, 5.74) is 5.86. The van der Waals surface area contributed by atoms with Gasteiger partial charge in [0.2, 0.25) is 5.91 Å². The van der Waals surface area contributed by atoms with E-state index in [-0.39, 0.29) is 12.5 Å². The summed E-state index contributed by atoms with van der Waals surface area (Å²) in [4.78, 5) is 22.9. The van der Waals surface area contributed by atoms with E-state index in [4.69, 9.17) is 9.84 Å². The minimum absolute atomic E-state index is 0.0607. The average Bonchev–Trinajstić information content (AvgIpc) is 2.78. The topological polar surface area (TPSA) is 108 Å². The predicted octanol–water partition coefficient (Wildman–Crippen LogP) is 1.80. The van der Waals surface area contributed by atoms with Crippen LogP contribution in [0.4, 0.5) is 0 Å². The van der Waals surface area contributed by atoms with E-state index in [2.05, 4.69) is 10.5 Å². The smallest absolute Gasteiger partial charge is 0.240 e. The van der Waals surface area contributed by atoms with Gasteiger partial charge in [-0.3, -0.25) is 9.59 Å². The van der Waals surface area contributed by atoms with Crippen molar-refractivity contribution in [3.8, 4) is 11.1 Å². The summed E-state index contributed by atoms with van der Waals surface area (Å²) in [5.74, 6) is -0.617. The number of carbonyl (C=O) groups excluding carboxylic acids is 2. The molecule has 0 spiro atoms. The van der Waals surface area contributed by atoms with E-state index >= 15 is 0 Å². The van der Waals surface area contributed by atoms with Crippen LogP contribution in [0.5, 0.6) is 0 Å². The quantitative estimate of drug-likeness (QED) is 0.631. The van der Waals surface area contributed by atoms with E-state index in [0.717, 1.165) is 28.0 Å². The first-order valence-corrected chi connectivity index (χ1v) is 9.39. The maximum Gasteiger partial charge on any atom is 0.240 e. The fourth-order valence-corrected chi connectivity index (χ4v) is 2.96. The Morgan fingerprint density at radius 2 is 1.62 bits per heavy atom. The number of aliphatic hydroxyl groups is 2. The second kappa shape index (κ2) is 9.09. The Kier molecular flexibility index (Phi) is 6.53. The first kappa shape index (κ1) is 20.9. The molecule has 0 bridgehead atoms. The highest BCUT2D eigenvalue weighted by Gasteiger charge is 2.32. The predicted molar refractivity (Wildman–Crippen MR) is 108 cm³/mol. The molecule has 2 aromatic carbocycles. The molecule has 0 aromatic heterocycles. The lowest BCUT2D eigenvalue weighted by Crippen LogP contribution is -2.43. The molecule has 1 aliphatic rings. The molecule has 0 radical (unpaired) electrons. The Balaban J connectivity index is 1.65. The van der Waals surface area contributed by atoms with Crippen LogP contribution in [0.15, 0.2) is 53.6 Å². The number of benzene rings is 2. The standard InChI is InChI=1S/C22H24N2O5/c1-22(14-26,20(27)12-25)29-13-15-2-4-16(5-3-15)17-6-8-18(9-7-17)19-10-11-21(28)24-23-19/h2-9,25-26H,10-14H2,1H3,(H,24,28). The zero-order chi connectivity index (χ0) is 20.9. The van der Waals surface area contributed by atoms with Crippen molar-refractivity contribution in [1.29, 1.82) is 0 Å². The van der Waals surface area contributed by atoms with Crippen molar-refractivity contribution < 1.29 is 24.5 Å². The van der Waals surface area contributed by atoms with E-state index in [9.17, 15) is 14.7 Å². The number of aliphatic hydroxyl groups excluding tert-OH is 2. The second-order valence-corrected chi connectivity index (χ2v) is 7.13. The lowest BCUT2D eigenvalue weighted by Gasteiger charge is -2.25. The largest absolute Gasteiger partial charge is 0.393 e. The maximum absolute atomic E-state index is 11.7. The van der Waals surface area contributed by atoms with Crippen molar-refractivity contribution in [1.82, 2.24) is 5.43 Å². The van der Waals surface area contributed by atoms with Gasteiger partial charge >= 0.3 is 0 Å². The van der Waals surface area contributed by atoms with Gasteiger partial charge in [0.1, 0.15) is 12.2 Å². The van der Waals surface area contributed by atoms with Crippen LogP contribution in [0.25, 0.3) is 11.1 Å². The zero-order valence-electron chi connectivity index (χ0n) is 16.2. The molecule has 0 saturated carbocycles. The van der Waals surface area contributed by atoms with E-state index in [0.29, 0.717) is 12.8 Å². The molecule has 152 valence electrons. The van der Waals surface area contributed by atoms with Crippen molar-refractivity contribution in [3.05, 3.63) is 59.7 Å². The van der Waals surface area contributed by atoms with Crippen molar-refractivity contribution in [2.45, 2.75) is 32.0 Å². The van der Waals surface area contributed by atoms with Crippen molar-refractivity contribution in [2.24, 2.45) is 5.10 Å². The van der Waals surface area contributed by atoms with E-state index in [1.54, 1.807) is 0 Å². The van der Waals surface area contributed by atoms with Crippen molar-refractivity contribution in [2.75, 3.05) is 13.2 Å². The summed E-state index contributed by atoms with van der Waals surface area (Å²) >= 11 is 0. The molecule has 0 fully saturated rings. The van der Waals surface area contributed by atoms with Crippen LogP contribution in [0, 0.1) is 0 Å². The highest BCUT2D eigenvalue weighted by Crippen LogP contribution is 2.23. The number of nitrogens with one attached hydrogen (secondary N) is 1. The molecular weight excluding hydrogens is 372 g/mol. The SMILES string of the molecule is CC(CO)(OCc1ccc(-c2ccc(C3=NNC(=O)CC3)cc2)cc1)C(=O)CO. The summed E-state index contributed by atoms with van der Waals surface area (Å²) in [6.07, 6.45) is 1.08. The molecule has 7 heteroatoms. The molecule has 1 unspecified atom stereocenters. The molecule has 0 saturated heterocycles. The molecule has 7 nitrogen and oxygen atoms in total. The average molecular weight is 396 g/mol. The Hall–Kier alpha value is -2.87. The van der Waals surface area contributed by atoms with Crippen molar-refractivity contribution in [3.63, 3.8) is 0 Å². The Morgan fingerprint density at radius 1 is 1.03 bits per heavy atom. The summed E-state index contributed by atoms with van der Waals surface area (Å²) in [6.45, 7) is 0.438. The number of rotatable bonds is 8. The molecule has 1 heterocycles. The summed E-state index contributed by atoms with van der Waals surface area (Å²) in [6, 6.07) is 15.7. The van der Waals surface area contributed by atoms with Crippen LogP contribution < -0.4 is 5.43 Å². The summed E-state index contributed by atoms with van der Waals surface area (Å²) in [5, 5.41) is 22.5. The van der Waals surface area contributed by atoms with Crippen LogP contribution in [-0.4, -0.2) is 46.4 Å².